The van der Waals surface area contributed by atoms with Crippen molar-refractivity contribution in [2.45, 2.75) is 45.3 Å². The zero-order chi connectivity index (χ0) is 18.6. The molecule has 1 aliphatic carbocycles. The Bertz CT molecular complexity index is 920. The van der Waals surface area contributed by atoms with Gasteiger partial charge in [-0.25, -0.2) is 0 Å². The monoisotopic (exact) mass is 383 g/mol. The van der Waals surface area contributed by atoms with Gasteiger partial charge in [0.25, 0.3) is 5.91 Å². The van der Waals surface area contributed by atoms with Gasteiger partial charge in [0.1, 0.15) is 5.75 Å². The molecule has 7 heteroatoms. The molecule has 27 heavy (non-hydrogen) atoms. The summed E-state index contributed by atoms with van der Waals surface area (Å²) in [5.74, 6) is 1.42. The Morgan fingerprint density at radius 2 is 2.15 bits per heavy atom. The standard InChI is InChI=1S/C20H21N3O3S/c1-13(25-16-9-8-14-5-2-3-6-15(14)11-16)20(24)21-12-18-22-19(23-26-18)17-7-4-10-27-17/h4,7-11,13H,2-3,5-6,12H2,1H3,(H,21,24)/t13-/m0/s1. The fourth-order valence-corrected chi connectivity index (χ4v) is 3.83. The van der Waals surface area contributed by atoms with Crippen LogP contribution in [0.2, 0.25) is 0 Å². The number of carbonyl (C=O) groups is 1. The van der Waals surface area contributed by atoms with E-state index in [1.807, 2.05) is 23.6 Å². The first-order chi connectivity index (χ1) is 13.2. The molecule has 0 spiro atoms. The number of benzene rings is 1. The molecule has 0 saturated carbocycles. The predicted molar refractivity (Wildman–Crippen MR) is 103 cm³/mol. The third kappa shape index (κ3) is 4.19. The van der Waals surface area contributed by atoms with Gasteiger partial charge in [-0.2, -0.15) is 4.98 Å². The average molecular weight is 383 g/mol. The molecule has 140 valence electrons. The summed E-state index contributed by atoms with van der Waals surface area (Å²) in [6.45, 7) is 1.91. The largest absolute Gasteiger partial charge is 0.481 e. The van der Waals surface area contributed by atoms with E-state index >= 15 is 0 Å². The van der Waals surface area contributed by atoms with Crippen LogP contribution >= 0.6 is 11.3 Å². The number of fused-ring (bicyclic) bond motifs is 1. The fourth-order valence-electron chi connectivity index (χ4n) is 3.18. The van der Waals surface area contributed by atoms with Gasteiger partial charge >= 0.3 is 0 Å². The first kappa shape index (κ1) is 17.7. The number of ether oxygens (including phenoxy) is 1. The molecule has 0 saturated heterocycles. The molecule has 3 aromatic rings. The smallest absolute Gasteiger partial charge is 0.261 e. The van der Waals surface area contributed by atoms with Crippen LogP contribution in [-0.2, 0) is 24.2 Å². The van der Waals surface area contributed by atoms with Crippen molar-refractivity contribution in [2.75, 3.05) is 0 Å². The van der Waals surface area contributed by atoms with Crippen LogP contribution in [-0.4, -0.2) is 22.2 Å². The Balaban J connectivity index is 1.32. The molecular weight excluding hydrogens is 362 g/mol. The molecule has 0 unspecified atom stereocenters. The Labute approximate surface area is 161 Å². The van der Waals surface area contributed by atoms with Gasteiger partial charge in [0.15, 0.2) is 6.10 Å². The minimum Gasteiger partial charge on any atom is -0.481 e. The first-order valence-corrected chi connectivity index (χ1v) is 9.99. The number of amides is 1. The number of hydrogen-bond acceptors (Lipinski definition) is 6. The zero-order valence-electron chi connectivity index (χ0n) is 15.1. The number of aromatic nitrogens is 2. The molecule has 0 bridgehead atoms. The third-order valence-electron chi connectivity index (χ3n) is 4.63. The van der Waals surface area contributed by atoms with Crippen molar-refractivity contribution in [3.05, 3.63) is 52.7 Å². The molecular formula is C20H21N3O3S. The van der Waals surface area contributed by atoms with Crippen LogP contribution in [0.3, 0.4) is 0 Å². The van der Waals surface area contributed by atoms with E-state index in [9.17, 15) is 4.79 Å². The van der Waals surface area contributed by atoms with E-state index in [2.05, 4.69) is 27.6 Å². The Kier molecular flexibility index (Phi) is 5.20. The van der Waals surface area contributed by atoms with E-state index < -0.39 is 6.10 Å². The van der Waals surface area contributed by atoms with E-state index in [-0.39, 0.29) is 12.5 Å². The van der Waals surface area contributed by atoms with Crippen LogP contribution in [0.15, 0.2) is 40.2 Å². The van der Waals surface area contributed by atoms with E-state index in [4.69, 9.17) is 9.26 Å². The number of nitrogens with zero attached hydrogens (tertiary/aromatic N) is 2. The van der Waals surface area contributed by atoms with Crippen molar-refractivity contribution in [1.29, 1.82) is 0 Å². The van der Waals surface area contributed by atoms with Crippen molar-refractivity contribution in [3.8, 4) is 16.5 Å². The van der Waals surface area contributed by atoms with Crippen molar-refractivity contribution in [1.82, 2.24) is 15.5 Å². The highest BCUT2D eigenvalue weighted by molar-refractivity contribution is 7.13. The maximum absolute atomic E-state index is 12.3. The Morgan fingerprint density at radius 1 is 1.30 bits per heavy atom. The number of rotatable bonds is 6. The van der Waals surface area contributed by atoms with Crippen molar-refractivity contribution < 1.29 is 14.1 Å². The second kappa shape index (κ2) is 7.92. The lowest BCUT2D eigenvalue weighted by atomic mass is 9.92. The number of aryl methyl sites for hydroxylation is 2. The Hall–Kier alpha value is -2.67. The van der Waals surface area contributed by atoms with Gasteiger partial charge in [-0.05, 0) is 67.3 Å². The summed E-state index contributed by atoms with van der Waals surface area (Å²) in [4.78, 5) is 17.5. The molecule has 1 N–H and O–H groups in total. The third-order valence-corrected chi connectivity index (χ3v) is 5.49. The van der Waals surface area contributed by atoms with Gasteiger partial charge in [0.05, 0.1) is 11.4 Å². The van der Waals surface area contributed by atoms with Crippen LogP contribution in [0.1, 0.15) is 36.8 Å². The van der Waals surface area contributed by atoms with Gasteiger partial charge < -0.3 is 14.6 Å². The van der Waals surface area contributed by atoms with Crippen molar-refractivity contribution in [2.24, 2.45) is 0 Å². The first-order valence-electron chi connectivity index (χ1n) is 9.11. The highest BCUT2D eigenvalue weighted by Gasteiger charge is 2.18. The van der Waals surface area contributed by atoms with Gasteiger partial charge in [-0.3, -0.25) is 4.79 Å². The number of nitrogens with one attached hydrogen (secondary N) is 1. The molecule has 0 radical (unpaired) electrons. The van der Waals surface area contributed by atoms with Crippen LogP contribution < -0.4 is 10.1 Å². The molecule has 2 heterocycles. The van der Waals surface area contributed by atoms with Gasteiger partial charge in [-0.15, -0.1) is 11.3 Å². The van der Waals surface area contributed by atoms with E-state index in [1.54, 1.807) is 6.92 Å². The molecule has 1 atom stereocenters. The van der Waals surface area contributed by atoms with E-state index in [0.29, 0.717) is 11.7 Å². The van der Waals surface area contributed by atoms with Crippen LogP contribution in [0.5, 0.6) is 5.75 Å². The maximum atomic E-state index is 12.3. The minimum atomic E-state index is -0.605. The molecule has 1 amide bonds. The zero-order valence-corrected chi connectivity index (χ0v) is 15.9. The molecule has 0 aliphatic heterocycles. The second-order valence-corrected chi connectivity index (χ2v) is 7.55. The van der Waals surface area contributed by atoms with E-state index in [1.165, 1.54) is 35.3 Å². The highest BCUT2D eigenvalue weighted by Crippen LogP contribution is 2.26. The van der Waals surface area contributed by atoms with Crippen molar-refractivity contribution in [3.63, 3.8) is 0 Å². The lowest BCUT2D eigenvalue weighted by Gasteiger charge is -2.19. The number of hydrogen-bond donors (Lipinski definition) is 1. The summed E-state index contributed by atoms with van der Waals surface area (Å²) in [7, 11) is 0. The molecule has 1 aliphatic rings. The molecule has 0 fully saturated rings. The maximum Gasteiger partial charge on any atom is 0.261 e. The molecule has 4 rings (SSSR count). The topological polar surface area (TPSA) is 77.2 Å². The van der Waals surface area contributed by atoms with Crippen LogP contribution in [0, 0.1) is 0 Å². The summed E-state index contributed by atoms with van der Waals surface area (Å²) in [6, 6.07) is 9.96. The number of thiophene rings is 1. The SMILES string of the molecule is C[C@H](Oc1ccc2c(c1)CCCC2)C(=O)NCc1nc(-c2cccs2)no1. The lowest BCUT2D eigenvalue weighted by molar-refractivity contribution is -0.127. The molecule has 6 nitrogen and oxygen atoms in total. The van der Waals surface area contributed by atoms with Crippen molar-refractivity contribution >= 4 is 17.2 Å². The van der Waals surface area contributed by atoms with E-state index in [0.717, 1.165) is 23.5 Å². The van der Waals surface area contributed by atoms with Gasteiger partial charge in [0, 0.05) is 0 Å². The normalized spacial score (nSPS) is 14.4. The summed E-state index contributed by atoms with van der Waals surface area (Å²) in [5, 5.41) is 8.67. The predicted octanol–water partition coefficient (Wildman–Crippen LogP) is 3.76. The van der Waals surface area contributed by atoms with Gasteiger partial charge in [-0.1, -0.05) is 17.3 Å². The summed E-state index contributed by atoms with van der Waals surface area (Å²) >= 11 is 1.54. The second-order valence-electron chi connectivity index (χ2n) is 6.60. The quantitative estimate of drug-likeness (QED) is 0.701. The summed E-state index contributed by atoms with van der Waals surface area (Å²) in [6.07, 6.45) is 4.06. The molecule has 1 aromatic carbocycles. The summed E-state index contributed by atoms with van der Waals surface area (Å²) in [5.41, 5.74) is 2.72. The fraction of sp³-hybridized carbons (Fsp3) is 0.350. The highest BCUT2D eigenvalue weighted by atomic mass is 32.1. The van der Waals surface area contributed by atoms with Crippen LogP contribution in [0.25, 0.3) is 10.7 Å². The van der Waals surface area contributed by atoms with Crippen LogP contribution in [0.4, 0.5) is 0 Å². The summed E-state index contributed by atoms with van der Waals surface area (Å²) < 4.78 is 11.0. The number of carbonyl (C=O) groups excluding carboxylic acids is 1. The molecule has 2 aromatic heterocycles. The average Bonchev–Trinajstić information content (AvgIpc) is 3.37. The lowest BCUT2D eigenvalue weighted by Crippen LogP contribution is -2.36. The van der Waals surface area contributed by atoms with Gasteiger partial charge in [0.2, 0.25) is 11.7 Å². The minimum absolute atomic E-state index is 0.176. The Morgan fingerprint density at radius 3 is 2.96 bits per heavy atom.